The summed E-state index contributed by atoms with van der Waals surface area (Å²) in [6, 6.07) is 10.4. The second-order valence-electron chi connectivity index (χ2n) is 3.85. The van der Waals surface area contributed by atoms with Gasteiger partial charge in [0.25, 0.3) is 0 Å². The zero-order valence-electron chi connectivity index (χ0n) is 9.90. The average Bonchev–Trinajstić information content (AvgIpc) is 2.35. The molecule has 0 fully saturated rings. The van der Waals surface area contributed by atoms with Crippen molar-refractivity contribution < 1.29 is 9.53 Å². The van der Waals surface area contributed by atoms with Crippen LogP contribution < -0.4 is 5.32 Å². The third kappa shape index (κ3) is 4.45. The maximum absolute atomic E-state index is 10.8. The van der Waals surface area contributed by atoms with E-state index in [0.29, 0.717) is 5.92 Å². The highest BCUT2D eigenvalue weighted by molar-refractivity contribution is 5.71. The maximum atomic E-state index is 10.8. The Balaban J connectivity index is 2.21. The fourth-order valence-corrected chi connectivity index (χ4v) is 1.53. The van der Waals surface area contributed by atoms with E-state index in [1.54, 1.807) is 0 Å². The number of rotatable bonds is 6. The third-order valence-electron chi connectivity index (χ3n) is 2.62. The van der Waals surface area contributed by atoms with E-state index in [1.165, 1.54) is 12.7 Å². The fourth-order valence-electron chi connectivity index (χ4n) is 1.53. The molecule has 0 aliphatic rings. The van der Waals surface area contributed by atoms with Crippen LogP contribution in [0, 0.1) is 0 Å². The topological polar surface area (TPSA) is 38.3 Å². The molecule has 0 spiro atoms. The van der Waals surface area contributed by atoms with Gasteiger partial charge in [0, 0.05) is 0 Å². The molecule has 1 aromatic rings. The number of carbonyl (C=O) groups is 1. The molecule has 0 amide bonds. The molecule has 3 heteroatoms. The van der Waals surface area contributed by atoms with E-state index < -0.39 is 0 Å². The van der Waals surface area contributed by atoms with Crippen LogP contribution in [0.5, 0.6) is 0 Å². The molecule has 0 aliphatic heterocycles. The van der Waals surface area contributed by atoms with Crippen molar-refractivity contribution in [3.63, 3.8) is 0 Å². The molecule has 0 heterocycles. The molecule has 16 heavy (non-hydrogen) atoms. The molecule has 0 saturated heterocycles. The van der Waals surface area contributed by atoms with Crippen molar-refractivity contribution in [2.24, 2.45) is 0 Å². The Bertz CT molecular complexity index is 311. The number of ether oxygens (including phenoxy) is 1. The van der Waals surface area contributed by atoms with Gasteiger partial charge in [-0.3, -0.25) is 4.79 Å². The van der Waals surface area contributed by atoms with Gasteiger partial charge < -0.3 is 10.1 Å². The van der Waals surface area contributed by atoms with Crippen LogP contribution in [-0.4, -0.2) is 26.2 Å². The maximum Gasteiger partial charge on any atom is 0.319 e. The van der Waals surface area contributed by atoms with Crippen molar-refractivity contribution in [3.8, 4) is 0 Å². The van der Waals surface area contributed by atoms with Gasteiger partial charge in [-0.2, -0.15) is 0 Å². The lowest BCUT2D eigenvalue weighted by Crippen LogP contribution is -2.25. The van der Waals surface area contributed by atoms with Crippen molar-refractivity contribution >= 4 is 5.97 Å². The minimum atomic E-state index is -0.215. The molecule has 1 atom stereocenters. The second-order valence-corrected chi connectivity index (χ2v) is 3.85. The lowest BCUT2D eigenvalue weighted by molar-refractivity contribution is -0.139. The third-order valence-corrected chi connectivity index (χ3v) is 2.62. The molecule has 3 nitrogen and oxygen atoms in total. The van der Waals surface area contributed by atoms with Crippen LogP contribution in [0.25, 0.3) is 0 Å². The summed E-state index contributed by atoms with van der Waals surface area (Å²) < 4.78 is 4.54. The van der Waals surface area contributed by atoms with Crippen molar-refractivity contribution in [3.05, 3.63) is 35.9 Å². The predicted octanol–water partition coefficient (Wildman–Crippen LogP) is 1.94. The molecule has 1 unspecified atom stereocenters. The molecular formula is C13H19NO2. The molecule has 0 aliphatic carbocycles. The minimum Gasteiger partial charge on any atom is -0.468 e. The van der Waals surface area contributed by atoms with E-state index in [9.17, 15) is 4.79 Å². The highest BCUT2D eigenvalue weighted by Gasteiger charge is 2.04. The molecule has 1 rings (SSSR count). The summed E-state index contributed by atoms with van der Waals surface area (Å²) >= 11 is 0. The van der Waals surface area contributed by atoms with Crippen molar-refractivity contribution in [1.82, 2.24) is 5.32 Å². The standard InChI is InChI=1S/C13H19NO2/c1-11(12-6-4-3-5-7-12)8-9-14-10-13(15)16-2/h3-7,11,14H,8-10H2,1-2H3. The summed E-state index contributed by atoms with van der Waals surface area (Å²) in [5.41, 5.74) is 1.34. The number of carbonyl (C=O) groups excluding carboxylic acids is 1. The molecule has 0 radical (unpaired) electrons. The van der Waals surface area contributed by atoms with Gasteiger partial charge in [-0.25, -0.2) is 0 Å². The van der Waals surface area contributed by atoms with Crippen LogP contribution in [0.2, 0.25) is 0 Å². The van der Waals surface area contributed by atoms with Gasteiger partial charge in [0.15, 0.2) is 0 Å². The van der Waals surface area contributed by atoms with Crippen LogP contribution in [0.4, 0.5) is 0 Å². The molecule has 0 saturated carbocycles. The Morgan fingerprint density at radius 2 is 2.06 bits per heavy atom. The molecule has 1 aromatic carbocycles. The van der Waals surface area contributed by atoms with E-state index in [0.717, 1.165) is 13.0 Å². The van der Waals surface area contributed by atoms with E-state index in [-0.39, 0.29) is 12.5 Å². The summed E-state index contributed by atoms with van der Waals surface area (Å²) in [5.74, 6) is 0.290. The SMILES string of the molecule is COC(=O)CNCCC(C)c1ccccc1. The molecule has 0 bridgehead atoms. The summed E-state index contributed by atoms with van der Waals surface area (Å²) in [6.45, 7) is 3.30. The van der Waals surface area contributed by atoms with Crippen molar-refractivity contribution in [2.75, 3.05) is 20.2 Å². The van der Waals surface area contributed by atoms with Crippen LogP contribution in [-0.2, 0) is 9.53 Å². The van der Waals surface area contributed by atoms with Gasteiger partial charge in [-0.1, -0.05) is 37.3 Å². The molecule has 1 N–H and O–H groups in total. The fraction of sp³-hybridized carbons (Fsp3) is 0.462. The normalized spacial score (nSPS) is 12.1. The average molecular weight is 221 g/mol. The monoisotopic (exact) mass is 221 g/mol. The van der Waals surface area contributed by atoms with Gasteiger partial charge in [0.1, 0.15) is 0 Å². The van der Waals surface area contributed by atoms with Gasteiger partial charge in [0.05, 0.1) is 13.7 Å². The Morgan fingerprint density at radius 3 is 2.69 bits per heavy atom. The smallest absolute Gasteiger partial charge is 0.319 e. The van der Waals surface area contributed by atoms with Crippen LogP contribution in [0.15, 0.2) is 30.3 Å². The quantitative estimate of drug-likeness (QED) is 0.589. The van der Waals surface area contributed by atoms with E-state index in [1.807, 2.05) is 18.2 Å². The van der Waals surface area contributed by atoms with Crippen LogP contribution in [0.1, 0.15) is 24.8 Å². The van der Waals surface area contributed by atoms with E-state index in [4.69, 9.17) is 0 Å². The highest BCUT2D eigenvalue weighted by atomic mass is 16.5. The number of benzene rings is 1. The Kier molecular flexibility index (Phi) is 5.57. The number of methoxy groups -OCH3 is 1. The van der Waals surface area contributed by atoms with Crippen molar-refractivity contribution in [2.45, 2.75) is 19.3 Å². The number of nitrogens with one attached hydrogen (secondary N) is 1. The van der Waals surface area contributed by atoms with Gasteiger partial charge >= 0.3 is 5.97 Å². The summed E-state index contributed by atoms with van der Waals surface area (Å²) in [4.78, 5) is 10.8. The zero-order valence-corrected chi connectivity index (χ0v) is 9.90. The highest BCUT2D eigenvalue weighted by Crippen LogP contribution is 2.17. The minimum absolute atomic E-state index is 0.215. The Labute approximate surface area is 96.8 Å². The number of hydrogen-bond acceptors (Lipinski definition) is 3. The summed E-state index contributed by atoms with van der Waals surface area (Å²) in [5, 5.41) is 3.06. The first-order valence-electron chi connectivity index (χ1n) is 5.56. The summed E-state index contributed by atoms with van der Waals surface area (Å²) in [7, 11) is 1.40. The number of hydrogen-bond donors (Lipinski definition) is 1. The van der Waals surface area contributed by atoms with Crippen LogP contribution in [0.3, 0.4) is 0 Å². The van der Waals surface area contributed by atoms with Gasteiger partial charge in [0.2, 0.25) is 0 Å². The number of esters is 1. The lowest BCUT2D eigenvalue weighted by atomic mass is 9.98. The Hall–Kier alpha value is -1.35. The zero-order chi connectivity index (χ0) is 11.8. The molecular weight excluding hydrogens is 202 g/mol. The van der Waals surface area contributed by atoms with E-state index in [2.05, 4.69) is 29.1 Å². The molecule has 88 valence electrons. The van der Waals surface area contributed by atoms with Crippen LogP contribution >= 0.6 is 0 Å². The first-order chi connectivity index (χ1) is 7.74. The van der Waals surface area contributed by atoms with E-state index >= 15 is 0 Å². The van der Waals surface area contributed by atoms with Gasteiger partial charge in [-0.15, -0.1) is 0 Å². The first-order valence-corrected chi connectivity index (χ1v) is 5.56. The molecule has 0 aromatic heterocycles. The van der Waals surface area contributed by atoms with Gasteiger partial charge in [-0.05, 0) is 24.4 Å². The second kappa shape index (κ2) is 7.01. The largest absolute Gasteiger partial charge is 0.468 e. The lowest BCUT2D eigenvalue weighted by Gasteiger charge is -2.11. The predicted molar refractivity (Wildman–Crippen MR) is 64.4 cm³/mol. The first kappa shape index (κ1) is 12.7. The summed E-state index contributed by atoms with van der Waals surface area (Å²) in [6.07, 6.45) is 1.01. The Morgan fingerprint density at radius 1 is 1.38 bits per heavy atom. The van der Waals surface area contributed by atoms with Crippen molar-refractivity contribution in [1.29, 1.82) is 0 Å².